The zero-order valence-corrected chi connectivity index (χ0v) is 13.9. The van der Waals surface area contributed by atoms with Gasteiger partial charge in [-0.15, -0.1) is 0 Å². The third-order valence-electron chi connectivity index (χ3n) is 4.94. The van der Waals surface area contributed by atoms with E-state index in [9.17, 15) is 0 Å². The van der Waals surface area contributed by atoms with E-state index >= 15 is 0 Å². The summed E-state index contributed by atoms with van der Waals surface area (Å²) in [5.74, 6) is 4.20. The molecular weight excluding hydrogens is 282 g/mol. The maximum absolute atomic E-state index is 6.25. The average Bonchev–Trinajstić information content (AvgIpc) is 3.28. The summed E-state index contributed by atoms with van der Waals surface area (Å²) in [5.41, 5.74) is 0.984. The Hall–Kier alpha value is -0.830. The van der Waals surface area contributed by atoms with Crippen molar-refractivity contribution < 1.29 is 0 Å². The fourth-order valence-corrected chi connectivity index (χ4v) is 3.59. The fourth-order valence-electron chi connectivity index (χ4n) is 3.42. The number of anilines is 1. The molecule has 0 aromatic carbocycles. The molecule has 2 fully saturated rings. The molecule has 3 nitrogen and oxygen atoms in total. The van der Waals surface area contributed by atoms with E-state index in [0.29, 0.717) is 11.1 Å². The van der Waals surface area contributed by atoms with Crippen molar-refractivity contribution >= 4 is 17.4 Å². The summed E-state index contributed by atoms with van der Waals surface area (Å²) in [4.78, 5) is 9.10. The second-order valence-electron chi connectivity index (χ2n) is 6.97. The van der Waals surface area contributed by atoms with E-state index in [4.69, 9.17) is 11.6 Å². The van der Waals surface area contributed by atoms with Gasteiger partial charge in [0.05, 0.1) is 0 Å². The van der Waals surface area contributed by atoms with Gasteiger partial charge in [0.25, 0.3) is 0 Å². The topological polar surface area (TPSA) is 37.8 Å². The summed E-state index contributed by atoms with van der Waals surface area (Å²) in [6, 6.07) is 0. The Morgan fingerprint density at radius 2 is 2.00 bits per heavy atom. The number of aromatic nitrogens is 2. The lowest BCUT2D eigenvalue weighted by Crippen LogP contribution is -2.17. The molecule has 116 valence electrons. The van der Waals surface area contributed by atoms with E-state index in [1.165, 1.54) is 44.9 Å². The van der Waals surface area contributed by atoms with Crippen LogP contribution in [0.5, 0.6) is 0 Å². The molecular formula is C17H26ClN3. The Morgan fingerprint density at radius 1 is 1.19 bits per heavy atom. The van der Waals surface area contributed by atoms with Crippen molar-refractivity contribution in [1.29, 1.82) is 0 Å². The minimum atomic E-state index is 0.544. The van der Waals surface area contributed by atoms with Crippen LogP contribution in [-0.2, 0) is 0 Å². The summed E-state index contributed by atoms with van der Waals surface area (Å²) in [5, 5.41) is 4.12. The lowest BCUT2D eigenvalue weighted by atomic mass is 9.81. The molecule has 2 aliphatic carbocycles. The van der Waals surface area contributed by atoms with E-state index in [-0.39, 0.29) is 0 Å². The maximum Gasteiger partial charge on any atom is 0.137 e. The van der Waals surface area contributed by atoms with Crippen molar-refractivity contribution in [2.45, 2.75) is 64.7 Å². The van der Waals surface area contributed by atoms with Crippen LogP contribution in [0.25, 0.3) is 0 Å². The highest BCUT2D eigenvalue weighted by Crippen LogP contribution is 2.39. The van der Waals surface area contributed by atoms with Gasteiger partial charge in [0.15, 0.2) is 0 Å². The third kappa shape index (κ3) is 3.88. The largest absolute Gasteiger partial charge is 0.370 e. The molecule has 2 atom stereocenters. The highest BCUT2D eigenvalue weighted by molar-refractivity contribution is 6.30. The van der Waals surface area contributed by atoms with Gasteiger partial charge in [-0.05, 0) is 44.4 Å². The van der Waals surface area contributed by atoms with Crippen molar-refractivity contribution in [3.63, 3.8) is 0 Å². The minimum absolute atomic E-state index is 0.544. The van der Waals surface area contributed by atoms with Gasteiger partial charge in [0.1, 0.15) is 16.8 Å². The number of hydrogen-bond donors (Lipinski definition) is 1. The van der Waals surface area contributed by atoms with Crippen molar-refractivity contribution in [1.82, 2.24) is 9.97 Å². The van der Waals surface area contributed by atoms with Crippen LogP contribution >= 0.6 is 11.6 Å². The number of rotatable bonds is 5. The second-order valence-corrected chi connectivity index (χ2v) is 7.33. The van der Waals surface area contributed by atoms with E-state index < -0.39 is 0 Å². The van der Waals surface area contributed by atoms with Gasteiger partial charge in [-0.1, -0.05) is 37.8 Å². The molecule has 2 unspecified atom stereocenters. The fraction of sp³-hybridized carbons (Fsp3) is 0.765. The van der Waals surface area contributed by atoms with E-state index in [1.807, 2.05) is 6.92 Å². The molecule has 0 radical (unpaired) electrons. The van der Waals surface area contributed by atoms with Crippen LogP contribution in [0, 0.1) is 18.8 Å². The second kappa shape index (κ2) is 6.51. The summed E-state index contributed by atoms with van der Waals surface area (Å²) < 4.78 is 0. The molecule has 0 bridgehead atoms. The summed E-state index contributed by atoms with van der Waals surface area (Å²) in [6.07, 6.45) is 9.24. The molecule has 3 rings (SSSR count). The van der Waals surface area contributed by atoms with Gasteiger partial charge >= 0.3 is 0 Å². The molecule has 2 saturated carbocycles. The Labute approximate surface area is 132 Å². The smallest absolute Gasteiger partial charge is 0.137 e. The first-order valence-corrected chi connectivity index (χ1v) is 8.79. The minimum Gasteiger partial charge on any atom is -0.370 e. The first-order chi connectivity index (χ1) is 10.1. The normalized spacial score (nSPS) is 25.9. The zero-order valence-electron chi connectivity index (χ0n) is 13.2. The molecule has 4 heteroatoms. The van der Waals surface area contributed by atoms with Crippen LogP contribution < -0.4 is 5.32 Å². The van der Waals surface area contributed by atoms with Gasteiger partial charge in [-0.25, -0.2) is 9.97 Å². The van der Waals surface area contributed by atoms with Crippen LogP contribution in [0.3, 0.4) is 0 Å². The quantitative estimate of drug-likeness (QED) is 0.783. The summed E-state index contributed by atoms with van der Waals surface area (Å²) in [6.45, 7) is 5.38. The van der Waals surface area contributed by atoms with Crippen LogP contribution in [0.15, 0.2) is 0 Å². The van der Waals surface area contributed by atoms with Crippen molar-refractivity contribution in [2.75, 3.05) is 11.9 Å². The predicted molar refractivity (Wildman–Crippen MR) is 88.0 cm³/mol. The van der Waals surface area contributed by atoms with Gasteiger partial charge in [-0.3, -0.25) is 0 Å². The molecule has 1 aromatic heterocycles. The maximum atomic E-state index is 6.25. The molecule has 1 aromatic rings. The van der Waals surface area contributed by atoms with Gasteiger partial charge in [-0.2, -0.15) is 0 Å². The van der Waals surface area contributed by atoms with Crippen molar-refractivity contribution in [2.24, 2.45) is 11.8 Å². The zero-order chi connectivity index (χ0) is 14.8. The molecule has 21 heavy (non-hydrogen) atoms. The Kier molecular flexibility index (Phi) is 4.68. The molecule has 0 spiro atoms. The van der Waals surface area contributed by atoms with Crippen LogP contribution in [0.4, 0.5) is 5.82 Å². The summed E-state index contributed by atoms with van der Waals surface area (Å²) in [7, 11) is 0. The number of nitrogens with zero attached hydrogens (tertiary/aromatic N) is 2. The van der Waals surface area contributed by atoms with Gasteiger partial charge in [0, 0.05) is 18.0 Å². The first-order valence-electron chi connectivity index (χ1n) is 8.41. The molecule has 0 aliphatic heterocycles. The van der Waals surface area contributed by atoms with Crippen LogP contribution in [-0.4, -0.2) is 16.5 Å². The van der Waals surface area contributed by atoms with E-state index in [1.54, 1.807) is 0 Å². The standard InChI is InChI=1S/C17H26ClN3/c1-11-4-3-5-13(10-11)8-9-19-16-12(2)15(18)20-17(21-16)14-6-7-14/h11,13-14H,3-10H2,1-2H3,(H,19,20,21). The SMILES string of the molecule is Cc1c(Cl)nc(C2CC2)nc1NCCC1CCCC(C)C1. The highest BCUT2D eigenvalue weighted by atomic mass is 35.5. The first kappa shape index (κ1) is 15.1. The van der Waals surface area contributed by atoms with Crippen molar-refractivity contribution in [3.05, 3.63) is 16.5 Å². The van der Waals surface area contributed by atoms with Gasteiger partial charge < -0.3 is 5.32 Å². The molecule has 0 amide bonds. The van der Waals surface area contributed by atoms with E-state index in [0.717, 1.165) is 35.6 Å². The van der Waals surface area contributed by atoms with Gasteiger partial charge in [0.2, 0.25) is 0 Å². The molecule has 1 heterocycles. The van der Waals surface area contributed by atoms with Crippen LogP contribution in [0.2, 0.25) is 5.15 Å². The van der Waals surface area contributed by atoms with Crippen molar-refractivity contribution in [3.8, 4) is 0 Å². The van der Waals surface area contributed by atoms with Crippen LogP contribution in [0.1, 0.15) is 69.2 Å². The Morgan fingerprint density at radius 3 is 2.71 bits per heavy atom. The van der Waals surface area contributed by atoms with E-state index in [2.05, 4.69) is 22.2 Å². The molecule has 2 aliphatic rings. The lowest BCUT2D eigenvalue weighted by molar-refractivity contribution is 0.274. The Bertz CT molecular complexity index is 499. The average molecular weight is 308 g/mol. The monoisotopic (exact) mass is 307 g/mol. The Balaban J connectivity index is 1.57. The molecule has 1 N–H and O–H groups in total. The molecule has 0 saturated heterocycles. The lowest BCUT2D eigenvalue weighted by Gasteiger charge is -2.26. The highest BCUT2D eigenvalue weighted by Gasteiger charge is 2.28. The number of hydrogen-bond acceptors (Lipinski definition) is 3. The number of halogens is 1. The predicted octanol–water partition coefficient (Wildman–Crippen LogP) is 4.94. The third-order valence-corrected chi connectivity index (χ3v) is 5.30. The number of nitrogens with one attached hydrogen (secondary N) is 1. The summed E-state index contributed by atoms with van der Waals surface area (Å²) >= 11 is 6.25.